The second-order valence-electron chi connectivity index (χ2n) is 6.21. The number of furan rings is 1. The average Bonchev–Trinajstić information content (AvgIpc) is 3.08. The van der Waals surface area contributed by atoms with Gasteiger partial charge in [-0.25, -0.2) is 0 Å². The van der Waals surface area contributed by atoms with E-state index in [1.165, 1.54) is 11.8 Å². The van der Waals surface area contributed by atoms with Gasteiger partial charge < -0.3 is 9.73 Å². The van der Waals surface area contributed by atoms with E-state index in [0.29, 0.717) is 17.5 Å². The van der Waals surface area contributed by atoms with E-state index in [9.17, 15) is 4.79 Å². The Morgan fingerprint density at radius 3 is 2.61 bits per heavy atom. The predicted octanol–water partition coefficient (Wildman–Crippen LogP) is 3.20. The van der Waals surface area contributed by atoms with Crippen LogP contribution in [0.1, 0.15) is 34.6 Å². The van der Waals surface area contributed by atoms with E-state index >= 15 is 0 Å². The molecular formula is C16H24N4O2S. The summed E-state index contributed by atoms with van der Waals surface area (Å²) in [6, 6.07) is 3.82. The molecule has 0 aromatic carbocycles. The van der Waals surface area contributed by atoms with Gasteiger partial charge in [0.1, 0.15) is 0 Å². The predicted molar refractivity (Wildman–Crippen MR) is 91.2 cm³/mol. The van der Waals surface area contributed by atoms with Crippen LogP contribution < -0.4 is 5.32 Å². The molecule has 0 saturated heterocycles. The average molecular weight is 336 g/mol. The van der Waals surface area contributed by atoms with Crippen molar-refractivity contribution in [2.24, 2.45) is 5.92 Å². The Hall–Kier alpha value is -1.76. The molecule has 2 aromatic heterocycles. The lowest BCUT2D eigenvalue weighted by Crippen LogP contribution is -2.36. The third-order valence-electron chi connectivity index (χ3n) is 3.09. The Balaban J connectivity index is 2.23. The van der Waals surface area contributed by atoms with E-state index < -0.39 is 0 Å². The Labute approximate surface area is 141 Å². The second-order valence-corrected chi connectivity index (χ2v) is 7.52. The first-order valence-corrected chi connectivity index (χ1v) is 8.70. The second kappa shape index (κ2) is 7.68. The molecule has 0 aliphatic heterocycles. The molecule has 0 aliphatic carbocycles. The standard InChI is InChI=1S/C16H24N4O2S/c1-10(2)9-20-14(13-7-6-8-22-13)18-19-16(20)23-12(5)15(21)17-11(3)4/h6-8,10-12H,9H2,1-5H3,(H,17,21). The molecule has 2 aromatic rings. The quantitative estimate of drug-likeness (QED) is 0.786. The van der Waals surface area contributed by atoms with Gasteiger partial charge in [-0.1, -0.05) is 25.6 Å². The fraction of sp³-hybridized carbons (Fsp3) is 0.562. The van der Waals surface area contributed by atoms with Crippen LogP contribution in [0.3, 0.4) is 0 Å². The summed E-state index contributed by atoms with van der Waals surface area (Å²) in [4.78, 5) is 12.1. The first-order chi connectivity index (χ1) is 10.9. The topological polar surface area (TPSA) is 73.0 Å². The maximum Gasteiger partial charge on any atom is 0.233 e. The molecule has 1 amide bonds. The normalized spacial score (nSPS) is 12.8. The maximum absolute atomic E-state index is 12.1. The van der Waals surface area contributed by atoms with E-state index in [4.69, 9.17) is 4.42 Å². The maximum atomic E-state index is 12.1. The lowest BCUT2D eigenvalue weighted by Gasteiger charge is -2.15. The Bertz CT molecular complexity index is 635. The summed E-state index contributed by atoms with van der Waals surface area (Å²) in [5.41, 5.74) is 0. The molecule has 6 nitrogen and oxygen atoms in total. The smallest absolute Gasteiger partial charge is 0.233 e. The minimum absolute atomic E-state index is 0.00338. The molecule has 0 saturated carbocycles. The molecule has 23 heavy (non-hydrogen) atoms. The van der Waals surface area contributed by atoms with Gasteiger partial charge >= 0.3 is 0 Å². The Morgan fingerprint density at radius 1 is 1.30 bits per heavy atom. The number of carbonyl (C=O) groups is 1. The van der Waals surface area contributed by atoms with Gasteiger partial charge in [0.2, 0.25) is 5.91 Å². The van der Waals surface area contributed by atoms with Crippen LogP contribution in [0.4, 0.5) is 0 Å². The molecule has 0 aliphatic rings. The third kappa shape index (κ3) is 4.60. The highest BCUT2D eigenvalue weighted by atomic mass is 32.2. The van der Waals surface area contributed by atoms with Gasteiger partial charge in [0.05, 0.1) is 11.5 Å². The van der Waals surface area contributed by atoms with Gasteiger partial charge in [-0.15, -0.1) is 10.2 Å². The molecular weight excluding hydrogens is 312 g/mol. The Morgan fingerprint density at radius 2 is 2.04 bits per heavy atom. The molecule has 1 atom stereocenters. The van der Waals surface area contributed by atoms with Crippen LogP contribution in [0.5, 0.6) is 0 Å². The molecule has 1 unspecified atom stereocenters. The number of hydrogen-bond acceptors (Lipinski definition) is 5. The van der Waals surface area contributed by atoms with Gasteiger partial charge in [-0.3, -0.25) is 9.36 Å². The molecule has 126 valence electrons. The van der Waals surface area contributed by atoms with Crippen LogP contribution in [0, 0.1) is 5.92 Å². The van der Waals surface area contributed by atoms with E-state index in [1.54, 1.807) is 6.26 Å². The monoisotopic (exact) mass is 336 g/mol. The Kier molecular flexibility index (Phi) is 5.87. The van der Waals surface area contributed by atoms with Crippen LogP contribution in [0.2, 0.25) is 0 Å². The number of thioether (sulfide) groups is 1. The van der Waals surface area contributed by atoms with Crippen LogP contribution in [0.25, 0.3) is 11.6 Å². The minimum Gasteiger partial charge on any atom is -0.461 e. The fourth-order valence-corrected chi connectivity index (χ4v) is 2.97. The lowest BCUT2D eigenvalue weighted by atomic mass is 10.2. The van der Waals surface area contributed by atoms with Crippen LogP contribution in [0.15, 0.2) is 28.0 Å². The van der Waals surface area contributed by atoms with Crippen molar-refractivity contribution in [1.29, 1.82) is 0 Å². The number of nitrogens with zero attached hydrogens (tertiary/aromatic N) is 3. The highest BCUT2D eigenvalue weighted by Gasteiger charge is 2.22. The van der Waals surface area contributed by atoms with E-state index in [-0.39, 0.29) is 17.2 Å². The van der Waals surface area contributed by atoms with Crippen LogP contribution in [-0.2, 0) is 11.3 Å². The molecule has 0 bridgehead atoms. The molecule has 0 radical (unpaired) electrons. The summed E-state index contributed by atoms with van der Waals surface area (Å²) < 4.78 is 7.47. The molecule has 2 rings (SSSR count). The highest BCUT2D eigenvalue weighted by molar-refractivity contribution is 8.00. The number of hydrogen-bond donors (Lipinski definition) is 1. The first kappa shape index (κ1) is 17.6. The zero-order valence-electron chi connectivity index (χ0n) is 14.2. The van der Waals surface area contributed by atoms with Gasteiger partial charge in [-0.2, -0.15) is 0 Å². The number of carbonyl (C=O) groups excluding carboxylic acids is 1. The van der Waals surface area contributed by atoms with E-state index in [2.05, 4.69) is 29.4 Å². The molecule has 2 heterocycles. The van der Waals surface area contributed by atoms with Crippen LogP contribution >= 0.6 is 11.8 Å². The number of rotatable bonds is 7. The molecule has 7 heteroatoms. The van der Waals surface area contributed by atoms with Crippen molar-refractivity contribution < 1.29 is 9.21 Å². The van der Waals surface area contributed by atoms with Crippen molar-refractivity contribution in [2.45, 2.75) is 57.6 Å². The largest absolute Gasteiger partial charge is 0.461 e. The summed E-state index contributed by atoms with van der Waals surface area (Å²) in [7, 11) is 0. The summed E-state index contributed by atoms with van der Waals surface area (Å²) in [5, 5.41) is 11.9. The number of amides is 1. The van der Waals surface area contributed by atoms with Crippen molar-refractivity contribution >= 4 is 17.7 Å². The van der Waals surface area contributed by atoms with Crippen LogP contribution in [-0.4, -0.2) is 32.0 Å². The van der Waals surface area contributed by atoms with E-state index in [1.807, 2.05) is 37.5 Å². The SMILES string of the molecule is CC(C)Cn1c(SC(C)C(=O)NC(C)C)nnc1-c1ccco1. The van der Waals surface area contributed by atoms with Crippen molar-refractivity contribution in [1.82, 2.24) is 20.1 Å². The van der Waals surface area contributed by atoms with Crippen molar-refractivity contribution in [3.8, 4) is 11.6 Å². The van der Waals surface area contributed by atoms with Gasteiger partial charge in [-0.05, 0) is 38.8 Å². The van der Waals surface area contributed by atoms with Gasteiger partial charge in [0.25, 0.3) is 0 Å². The molecule has 1 N–H and O–H groups in total. The van der Waals surface area contributed by atoms with Gasteiger partial charge in [0.15, 0.2) is 16.7 Å². The van der Waals surface area contributed by atoms with Crippen molar-refractivity contribution in [3.05, 3.63) is 18.4 Å². The van der Waals surface area contributed by atoms with Gasteiger partial charge in [0, 0.05) is 12.6 Å². The fourth-order valence-electron chi connectivity index (χ4n) is 2.11. The van der Waals surface area contributed by atoms with Crippen molar-refractivity contribution in [2.75, 3.05) is 0 Å². The molecule has 0 fully saturated rings. The lowest BCUT2D eigenvalue weighted by molar-refractivity contribution is -0.120. The molecule has 0 spiro atoms. The highest BCUT2D eigenvalue weighted by Crippen LogP contribution is 2.28. The first-order valence-electron chi connectivity index (χ1n) is 7.82. The van der Waals surface area contributed by atoms with E-state index in [0.717, 1.165) is 11.7 Å². The summed E-state index contributed by atoms with van der Waals surface area (Å²) in [5.74, 6) is 1.81. The zero-order valence-corrected chi connectivity index (χ0v) is 15.1. The minimum atomic E-state index is -0.239. The third-order valence-corrected chi connectivity index (χ3v) is 4.17. The number of nitrogens with one attached hydrogen (secondary N) is 1. The summed E-state index contributed by atoms with van der Waals surface area (Å²) in [6.07, 6.45) is 1.62. The number of aromatic nitrogens is 3. The summed E-state index contributed by atoms with van der Waals surface area (Å²) in [6.45, 7) is 10.8. The summed E-state index contributed by atoms with van der Waals surface area (Å²) >= 11 is 1.42. The van der Waals surface area contributed by atoms with Crippen molar-refractivity contribution in [3.63, 3.8) is 0 Å². The zero-order chi connectivity index (χ0) is 17.0.